The predicted molar refractivity (Wildman–Crippen MR) is 113 cm³/mol. The maximum Gasteiger partial charge on any atom is 0.389 e. The van der Waals surface area contributed by atoms with Crippen LogP contribution in [0.1, 0.15) is 19.4 Å². The van der Waals surface area contributed by atoms with E-state index < -0.39 is 16.8 Å². The average Bonchev–Trinajstić information content (AvgIpc) is 3.07. The van der Waals surface area contributed by atoms with E-state index in [1.807, 2.05) is 12.1 Å². The lowest BCUT2D eigenvalue weighted by Gasteiger charge is -2.15. The van der Waals surface area contributed by atoms with Gasteiger partial charge in [0.1, 0.15) is 0 Å². The highest BCUT2D eigenvalue weighted by atomic mass is 32.7. The fraction of sp³-hybridized carbons (Fsp3) is 0.263. The van der Waals surface area contributed by atoms with Crippen LogP contribution in [0.4, 0.5) is 0 Å². The largest absolute Gasteiger partial charge is 0.389 e. The molecule has 0 saturated carbocycles. The molecule has 0 aliphatic rings. The fourth-order valence-electron chi connectivity index (χ4n) is 2.81. The van der Waals surface area contributed by atoms with Crippen LogP contribution in [0.15, 0.2) is 65.7 Å². The van der Waals surface area contributed by atoms with Crippen molar-refractivity contribution < 1.29 is 22.0 Å². The van der Waals surface area contributed by atoms with Gasteiger partial charge in [0.05, 0.1) is 23.6 Å². The van der Waals surface area contributed by atoms with Gasteiger partial charge in [0, 0.05) is 17.3 Å². The van der Waals surface area contributed by atoms with Crippen LogP contribution in [0, 0.1) is 0 Å². The second kappa shape index (κ2) is 8.84. The van der Waals surface area contributed by atoms with Crippen molar-refractivity contribution in [3.05, 3.63) is 66.4 Å². The van der Waals surface area contributed by atoms with Gasteiger partial charge in [0.2, 0.25) is 0 Å². The highest BCUT2D eigenvalue weighted by Crippen LogP contribution is 2.61. The molecule has 0 bridgehead atoms. The lowest BCUT2D eigenvalue weighted by atomic mass is 10.2. The minimum Gasteiger partial charge on any atom is -0.301 e. The molecule has 0 aliphatic heterocycles. The molecular weight excluding hydrogens is 417 g/mol. The first-order valence-corrected chi connectivity index (χ1v) is 13.4. The second-order valence-electron chi connectivity index (χ2n) is 5.84. The Kier molecular flexibility index (Phi) is 6.68. The molecule has 150 valence electrons. The van der Waals surface area contributed by atoms with E-state index in [1.54, 1.807) is 62.5 Å². The van der Waals surface area contributed by atoms with Gasteiger partial charge in [-0.25, -0.2) is 17.0 Å². The molecule has 28 heavy (non-hydrogen) atoms. The number of hydrogen-bond donors (Lipinski definition) is 0. The standard InChI is InChI=1S/C19H22NO5PS2/c1-3-24-26(21,25-4-2)27-15-16-14-20(19-13-9-8-12-18(16)19)28(22,23)17-10-6-5-7-11-17/h5-14H,3-4,15H2,1-2H3. The number of para-hydroxylation sites is 1. The van der Waals surface area contributed by atoms with E-state index in [-0.39, 0.29) is 18.1 Å². The average molecular weight is 439 g/mol. The Morgan fingerprint density at radius 2 is 1.57 bits per heavy atom. The van der Waals surface area contributed by atoms with Gasteiger partial charge in [-0.3, -0.25) is 0 Å². The predicted octanol–water partition coefficient (Wildman–Crippen LogP) is 5.29. The third-order valence-electron chi connectivity index (χ3n) is 4.01. The third-order valence-corrected chi connectivity index (χ3v) is 9.57. The molecule has 9 heteroatoms. The van der Waals surface area contributed by atoms with Crippen LogP contribution in [0.3, 0.4) is 0 Å². The number of hydrogen-bond acceptors (Lipinski definition) is 6. The molecule has 0 atom stereocenters. The van der Waals surface area contributed by atoms with Crippen molar-refractivity contribution in [3.8, 4) is 0 Å². The number of nitrogens with zero attached hydrogens (tertiary/aromatic N) is 1. The molecule has 0 unspecified atom stereocenters. The van der Waals surface area contributed by atoms with Crippen LogP contribution in [-0.2, 0) is 29.4 Å². The summed E-state index contributed by atoms with van der Waals surface area (Å²) in [6.07, 6.45) is 1.59. The van der Waals surface area contributed by atoms with Gasteiger partial charge >= 0.3 is 6.80 Å². The summed E-state index contributed by atoms with van der Waals surface area (Å²) in [6.45, 7) is 0.759. The van der Waals surface area contributed by atoms with Gasteiger partial charge in [-0.1, -0.05) is 36.4 Å². The van der Waals surface area contributed by atoms with E-state index in [2.05, 4.69) is 0 Å². The molecule has 0 saturated heterocycles. The number of aromatic nitrogens is 1. The molecule has 0 amide bonds. The summed E-state index contributed by atoms with van der Waals surface area (Å²) in [7, 11) is -3.74. The van der Waals surface area contributed by atoms with Crippen LogP contribution in [0.2, 0.25) is 0 Å². The van der Waals surface area contributed by atoms with Gasteiger partial charge in [0.15, 0.2) is 0 Å². The van der Waals surface area contributed by atoms with E-state index in [1.165, 1.54) is 3.97 Å². The summed E-state index contributed by atoms with van der Waals surface area (Å²) < 4.78 is 50.9. The fourth-order valence-corrected chi connectivity index (χ4v) is 7.58. The molecule has 3 rings (SSSR count). The monoisotopic (exact) mass is 439 g/mol. The number of fused-ring (bicyclic) bond motifs is 1. The van der Waals surface area contributed by atoms with Crippen molar-refractivity contribution >= 4 is 39.1 Å². The minimum atomic E-state index is -3.74. The van der Waals surface area contributed by atoms with Crippen LogP contribution < -0.4 is 0 Å². The minimum absolute atomic E-state index is 0.212. The smallest absolute Gasteiger partial charge is 0.301 e. The summed E-state index contributed by atoms with van der Waals surface area (Å²) in [5.74, 6) is 0.301. The molecule has 3 aromatic rings. The van der Waals surface area contributed by atoms with Crippen molar-refractivity contribution in [1.82, 2.24) is 3.97 Å². The van der Waals surface area contributed by atoms with Crippen molar-refractivity contribution in [1.29, 1.82) is 0 Å². The first kappa shape index (κ1) is 21.1. The maximum atomic E-state index is 13.1. The summed E-state index contributed by atoms with van der Waals surface area (Å²) in [4.78, 5) is 0.212. The Labute approximate surface area is 169 Å². The molecule has 0 spiro atoms. The van der Waals surface area contributed by atoms with Crippen molar-refractivity contribution in [3.63, 3.8) is 0 Å². The van der Waals surface area contributed by atoms with E-state index in [9.17, 15) is 13.0 Å². The highest BCUT2D eigenvalue weighted by molar-refractivity contribution is 8.54. The number of rotatable bonds is 9. The van der Waals surface area contributed by atoms with Crippen LogP contribution in [-0.4, -0.2) is 25.6 Å². The molecule has 1 aromatic heterocycles. The third kappa shape index (κ3) is 4.36. The van der Waals surface area contributed by atoms with Gasteiger partial charge in [-0.05, 0) is 49.0 Å². The molecule has 0 radical (unpaired) electrons. The van der Waals surface area contributed by atoms with Gasteiger partial charge in [0.25, 0.3) is 10.0 Å². The molecule has 6 nitrogen and oxygen atoms in total. The van der Waals surface area contributed by atoms with Crippen molar-refractivity contribution in [2.45, 2.75) is 24.5 Å². The summed E-state index contributed by atoms with van der Waals surface area (Å²) in [5, 5.41) is 0.786. The lowest BCUT2D eigenvalue weighted by molar-refractivity contribution is 0.237. The zero-order chi connectivity index (χ0) is 20.2. The Morgan fingerprint density at radius 3 is 2.21 bits per heavy atom. The first-order chi connectivity index (χ1) is 13.4. The molecular formula is C19H22NO5PS2. The van der Waals surface area contributed by atoms with Crippen LogP contribution in [0.25, 0.3) is 10.9 Å². The lowest BCUT2D eigenvalue weighted by Crippen LogP contribution is -2.11. The highest BCUT2D eigenvalue weighted by Gasteiger charge is 2.26. The molecule has 0 fully saturated rings. The van der Waals surface area contributed by atoms with E-state index in [4.69, 9.17) is 9.05 Å². The van der Waals surface area contributed by atoms with E-state index in [0.29, 0.717) is 11.3 Å². The molecule has 0 aliphatic carbocycles. The van der Waals surface area contributed by atoms with Gasteiger partial charge in [-0.15, -0.1) is 0 Å². The van der Waals surface area contributed by atoms with Gasteiger partial charge in [-0.2, -0.15) is 0 Å². The topological polar surface area (TPSA) is 74.6 Å². The van der Waals surface area contributed by atoms with E-state index >= 15 is 0 Å². The Morgan fingerprint density at radius 1 is 0.964 bits per heavy atom. The molecule has 1 heterocycles. The maximum absolute atomic E-state index is 13.1. The SMILES string of the molecule is CCOP(=O)(OCC)SCc1cn(S(=O)(=O)c2ccccc2)c2ccccc12. The van der Waals surface area contributed by atoms with E-state index in [0.717, 1.165) is 22.3 Å². The summed E-state index contributed by atoms with van der Waals surface area (Å²) in [6, 6.07) is 15.5. The van der Waals surface area contributed by atoms with Crippen LogP contribution in [0.5, 0.6) is 0 Å². The first-order valence-electron chi connectivity index (χ1n) is 8.84. The quantitative estimate of drug-likeness (QED) is 0.422. The Balaban J connectivity index is 2.01. The van der Waals surface area contributed by atoms with Gasteiger partial charge < -0.3 is 9.05 Å². The Bertz CT molecular complexity index is 1090. The second-order valence-corrected chi connectivity index (χ2v) is 11.7. The van der Waals surface area contributed by atoms with Crippen molar-refractivity contribution in [2.75, 3.05) is 13.2 Å². The summed E-state index contributed by atoms with van der Waals surface area (Å²) in [5.41, 5.74) is 1.32. The normalized spacial score (nSPS) is 12.5. The zero-order valence-corrected chi connectivity index (χ0v) is 18.2. The summed E-state index contributed by atoms with van der Waals surface area (Å²) >= 11 is 1.06. The zero-order valence-electron chi connectivity index (χ0n) is 15.6. The molecule has 2 aromatic carbocycles. The molecule has 0 N–H and O–H groups in total. The number of benzene rings is 2. The van der Waals surface area contributed by atoms with Crippen LogP contribution >= 0.6 is 18.2 Å². The Hall–Kier alpha value is -1.57. The van der Waals surface area contributed by atoms with Crippen molar-refractivity contribution in [2.24, 2.45) is 0 Å².